The lowest BCUT2D eigenvalue weighted by Crippen LogP contribution is -2.35. The van der Waals surface area contributed by atoms with E-state index in [-0.39, 0.29) is 40.3 Å². The second-order valence-corrected chi connectivity index (χ2v) is 9.15. The normalized spacial score (nSPS) is 14.1. The molecule has 0 saturated carbocycles. The minimum Gasteiger partial charge on any atom is -0.618 e. The molecule has 0 unspecified atom stereocenters. The molecule has 1 aromatic carbocycles. The highest BCUT2D eigenvalue weighted by molar-refractivity contribution is 6.31. The van der Waals surface area contributed by atoms with Crippen LogP contribution < -0.4 is 4.73 Å². The topological polar surface area (TPSA) is 103 Å². The standard InChI is InChI=1S/C25H19ClF6N8O2/c1-37-17(6-8-34-37)16-11-38(13-33-16)18(7-9-42-24(28)29)19-4-2-14(10-40(19)41)22-20(5-3-15(26)23(22)27)39-12-21(35-36-39)25(30,31)32/h2-6,8,10-13,18,24H,7,9H2,1H3/t18-/m1/s1/i1D3. The summed E-state index contributed by atoms with van der Waals surface area (Å²) in [6.45, 7) is -6.24. The summed E-state index contributed by atoms with van der Waals surface area (Å²) in [6.07, 6.45) is 0.355. The summed E-state index contributed by atoms with van der Waals surface area (Å²) in [5.74, 6) is -1.06. The summed E-state index contributed by atoms with van der Waals surface area (Å²) in [5.41, 5.74) is -1.80. The maximum atomic E-state index is 15.4. The minimum absolute atomic E-state index is 0.0472. The van der Waals surface area contributed by atoms with E-state index in [0.717, 1.165) is 16.9 Å². The first-order valence-electron chi connectivity index (χ1n) is 13.3. The number of ether oxygens (including phenoxy) is 1. The van der Waals surface area contributed by atoms with Crippen LogP contribution in [0, 0.1) is 11.0 Å². The molecule has 0 radical (unpaired) electrons. The third-order valence-electron chi connectivity index (χ3n) is 6.18. The van der Waals surface area contributed by atoms with E-state index in [9.17, 15) is 27.2 Å². The Bertz CT molecular complexity index is 1820. The van der Waals surface area contributed by atoms with E-state index < -0.39 is 48.9 Å². The number of hydrogen-bond acceptors (Lipinski definition) is 6. The number of halogens is 7. The average molecular weight is 616 g/mol. The Balaban J connectivity index is 1.56. The van der Waals surface area contributed by atoms with Crippen molar-refractivity contribution in [2.45, 2.75) is 25.3 Å². The van der Waals surface area contributed by atoms with E-state index in [2.05, 4.69) is 25.1 Å². The van der Waals surface area contributed by atoms with Gasteiger partial charge >= 0.3 is 12.8 Å². The number of imidazole rings is 1. The van der Waals surface area contributed by atoms with Gasteiger partial charge < -0.3 is 14.5 Å². The highest BCUT2D eigenvalue weighted by atomic mass is 35.5. The summed E-state index contributed by atoms with van der Waals surface area (Å²) in [4.78, 5) is 4.19. The van der Waals surface area contributed by atoms with Crippen molar-refractivity contribution in [2.24, 2.45) is 6.98 Å². The molecule has 0 saturated heterocycles. The van der Waals surface area contributed by atoms with E-state index in [1.54, 1.807) is 0 Å². The molecule has 1 atom stereocenters. The first-order chi connectivity index (χ1) is 21.1. The third kappa shape index (κ3) is 5.80. The van der Waals surface area contributed by atoms with Crippen LogP contribution in [0.4, 0.5) is 26.3 Å². The fourth-order valence-corrected chi connectivity index (χ4v) is 4.43. The Morgan fingerprint density at radius 1 is 1.17 bits per heavy atom. The minimum atomic E-state index is -4.83. The molecule has 0 aliphatic heterocycles. The lowest BCUT2D eigenvalue weighted by molar-refractivity contribution is -0.615. The second kappa shape index (κ2) is 11.4. The van der Waals surface area contributed by atoms with Crippen molar-refractivity contribution < 1.29 is 39.9 Å². The summed E-state index contributed by atoms with van der Waals surface area (Å²) in [7, 11) is 0. The maximum absolute atomic E-state index is 15.4. The monoisotopic (exact) mass is 615 g/mol. The fraction of sp³-hybridized carbons (Fsp3) is 0.240. The van der Waals surface area contributed by atoms with Crippen molar-refractivity contribution in [3.63, 3.8) is 0 Å². The van der Waals surface area contributed by atoms with Gasteiger partial charge in [0.1, 0.15) is 11.7 Å². The molecule has 4 heterocycles. The van der Waals surface area contributed by atoms with Crippen molar-refractivity contribution in [1.29, 1.82) is 0 Å². The van der Waals surface area contributed by atoms with Gasteiger partial charge in [0, 0.05) is 36.0 Å². The van der Waals surface area contributed by atoms with E-state index in [0.29, 0.717) is 15.6 Å². The molecular formula is C25H19ClF6N8O2. The maximum Gasteiger partial charge on any atom is 0.436 e. The molecular weight excluding hydrogens is 594 g/mol. The van der Waals surface area contributed by atoms with Gasteiger partial charge in [-0.15, -0.1) is 5.10 Å². The van der Waals surface area contributed by atoms with Gasteiger partial charge in [0.15, 0.2) is 17.7 Å². The predicted octanol–water partition coefficient (Wildman–Crippen LogP) is 5.19. The highest BCUT2D eigenvalue weighted by Crippen LogP contribution is 2.35. The molecule has 0 bridgehead atoms. The molecule has 4 aromatic heterocycles. The van der Waals surface area contributed by atoms with Crippen molar-refractivity contribution in [3.05, 3.63) is 88.9 Å². The predicted molar refractivity (Wildman–Crippen MR) is 135 cm³/mol. The quantitative estimate of drug-likeness (QED) is 0.128. The number of hydrogen-bond donors (Lipinski definition) is 0. The molecule has 10 nitrogen and oxygen atoms in total. The van der Waals surface area contributed by atoms with Gasteiger partial charge in [-0.3, -0.25) is 4.68 Å². The summed E-state index contributed by atoms with van der Waals surface area (Å²) < 4.78 is 111. The Morgan fingerprint density at radius 3 is 2.67 bits per heavy atom. The Hall–Kier alpha value is -4.44. The van der Waals surface area contributed by atoms with Crippen LogP contribution in [0.5, 0.6) is 0 Å². The van der Waals surface area contributed by atoms with Crippen LogP contribution in [0.1, 0.15) is 28.0 Å². The van der Waals surface area contributed by atoms with E-state index in [4.69, 9.17) is 15.7 Å². The van der Waals surface area contributed by atoms with Crippen LogP contribution in [-0.2, 0) is 17.9 Å². The van der Waals surface area contributed by atoms with Crippen LogP contribution in [0.25, 0.3) is 28.2 Å². The van der Waals surface area contributed by atoms with Crippen LogP contribution >= 0.6 is 11.6 Å². The summed E-state index contributed by atoms with van der Waals surface area (Å²) >= 11 is 5.96. The first-order valence-corrected chi connectivity index (χ1v) is 12.2. The summed E-state index contributed by atoms with van der Waals surface area (Å²) in [5, 5.41) is 23.3. The molecule has 0 aliphatic rings. The lowest BCUT2D eigenvalue weighted by Gasteiger charge is -2.19. The molecule has 0 spiro atoms. The molecule has 42 heavy (non-hydrogen) atoms. The van der Waals surface area contributed by atoms with Crippen LogP contribution in [0.15, 0.2) is 61.4 Å². The smallest absolute Gasteiger partial charge is 0.436 e. The van der Waals surface area contributed by atoms with Gasteiger partial charge in [-0.1, -0.05) is 16.8 Å². The summed E-state index contributed by atoms with van der Waals surface area (Å²) in [6, 6.07) is 5.23. The van der Waals surface area contributed by atoms with Gasteiger partial charge in [-0.05, 0) is 24.3 Å². The largest absolute Gasteiger partial charge is 0.618 e. The van der Waals surface area contributed by atoms with E-state index in [1.807, 2.05) is 0 Å². The highest BCUT2D eigenvalue weighted by Gasteiger charge is 2.35. The Morgan fingerprint density at radius 2 is 1.98 bits per heavy atom. The van der Waals surface area contributed by atoms with Crippen LogP contribution in [-0.4, -0.2) is 47.5 Å². The first kappa shape index (κ1) is 25.3. The number of aryl methyl sites for hydroxylation is 1. The van der Waals surface area contributed by atoms with Crippen molar-refractivity contribution in [2.75, 3.05) is 6.61 Å². The molecule has 0 N–H and O–H groups in total. The van der Waals surface area contributed by atoms with Crippen molar-refractivity contribution in [3.8, 4) is 28.2 Å². The molecule has 0 aliphatic carbocycles. The van der Waals surface area contributed by atoms with Gasteiger partial charge in [0.05, 0.1) is 46.7 Å². The lowest BCUT2D eigenvalue weighted by atomic mass is 10.0. The van der Waals surface area contributed by atoms with Gasteiger partial charge in [-0.25, -0.2) is 14.1 Å². The Kier molecular flexibility index (Phi) is 6.89. The van der Waals surface area contributed by atoms with Crippen LogP contribution in [0.2, 0.25) is 5.02 Å². The Labute approximate surface area is 242 Å². The van der Waals surface area contributed by atoms with Gasteiger partial charge in [0.25, 0.3) is 0 Å². The average Bonchev–Trinajstić information content (AvgIpc) is 3.73. The third-order valence-corrected chi connectivity index (χ3v) is 6.47. The molecule has 5 rings (SSSR count). The van der Waals surface area contributed by atoms with Crippen molar-refractivity contribution >= 4 is 11.6 Å². The van der Waals surface area contributed by atoms with E-state index in [1.165, 1.54) is 47.6 Å². The number of benzene rings is 1. The molecule has 17 heteroatoms. The van der Waals surface area contributed by atoms with Gasteiger partial charge in [-0.2, -0.15) is 31.8 Å². The number of nitrogens with zero attached hydrogens (tertiary/aromatic N) is 8. The van der Waals surface area contributed by atoms with Crippen LogP contribution in [0.3, 0.4) is 0 Å². The zero-order valence-electron chi connectivity index (χ0n) is 23.9. The molecule has 0 amide bonds. The molecule has 5 aromatic rings. The SMILES string of the molecule is [2H]C([2H])([2H])n1nccc1-c1cn([C@H](CCOC(F)F)c2ccc(-c3c(-n4cc(C(F)(F)F)nn4)ccc(Cl)c3F)c[n+]2[O-])cn1. The van der Waals surface area contributed by atoms with E-state index >= 15 is 4.39 Å². The fourth-order valence-electron chi connectivity index (χ4n) is 4.27. The van der Waals surface area contributed by atoms with Gasteiger partial charge in [0.2, 0.25) is 5.69 Å². The molecule has 220 valence electrons. The number of aromatic nitrogens is 8. The number of rotatable bonds is 9. The number of pyridine rings is 1. The second-order valence-electron chi connectivity index (χ2n) is 8.74. The zero-order valence-corrected chi connectivity index (χ0v) is 21.6. The number of alkyl halides is 5. The van der Waals surface area contributed by atoms with Crippen molar-refractivity contribution in [1.82, 2.24) is 34.3 Å². The zero-order chi connectivity index (χ0) is 32.7. The molecule has 0 fully saturated rings.